The Morgan fingerprint density at radius 1 is 1.24 bits per heavy atom. The molecule has 17 heavy (non-hydrogen) atoms. The smallest absolute Gasteiger partial charge is 0.131 e. The summed E-state index contributed by atoms with van der Waals surface area (Å²) in [6.45, 7) is 3.73. The normalized spacial score (nSPS) is 14.1. The molecule has 0 amide bonds. The van der Waals surface area contributed by atoms with E-state index in [1.54, 1.807) is 0 Å². The number of hydrazine groups is 1. The van der Waals surface area contributed by atoms with Crippen LogP contribution in [0.25, 0.3) is 0 Å². The molecule has 0 spiro atoms. The topological polar surface area (TPSA) is 41.3 Å². The molecule has 1 unspecified atom stereocenters. The molecule has 3 nitrogen and oxygen atoms in total. The van der Waals surface area contributed by atoms with Gasteiger partial charge in [0.1, 0.15) is 11.6 Å². The highest BCUT2D eigenvalue weighted by molar-refractivity contribution is 5.26. The lowest BCUT2D eigenvalue weighted by Crippen LogP contribution is -2.51. The minimum atomic E-state index is -0.640. The summed E-state index contributed by atoms with van der Waals surface area (Å²) in [6, 6.07) is 3.16. The maximum atomic E-state index is 13.7. The molecular formula is C12H19F2N3. The molecule has 0 aliphatic carbocycles. The number of nitrogens with two attached hydrogens (primary N) is 1. The first-order valence-corrected chi connectivity index (χ1v) is 5.39. The molecule has 1 rings (SSSR count). The zero-order valence-electron chi connectivity index (χ0n) is 10.6. The first-order chi connectivity index (χ1) is 7.82. The van der Waals surface area contributed by atoms with Crippen LogP contribution in [0.5, 0.6) is 0 Å². The summed E-state index contributed by atoms with van der Waals surface area (Å²) in [5.74, 6) is 4.27. The lowest BCUT2D eigenvalue weighted by molar-refractivity contribution is 0.133. The third-order valence-corrected chi connectivity index (χ3v) is 3.31. The van der Waals surface area contributed by atoms with Gasteiger partial charge >= 0.3 is 0 Å². The summed E-state index contributed by atoms with van der Waals surface area (Å²) in [4.78, 5) is 1.86. The van der Waals surface area contributed by atoms with Gasteiger partial charge in [-0.15, -0.1) is 0 Å². The van der Waals surface area contributed by atoms with Gasteiger partial charge in [0.15, 0.2) is 0 Å². The van der Waals surface area contributed by atoms with Crippen LogP contribution in [0.1, 0.15) is 25.5 Å². The summed E-state index contributed by atoms with van der Waals surface area (Å²) < 4.78 is 27.5. The zero-order valence-corrected chi connectivity index (χ0v) is 10.6. The molecule has 5 heteroatoms. The number of rotatable bonds is 4. The molecule has 0 aliphatic heterocycles. The van der Waals surface area contributed by atoms with Gasteiger partial charge in [0.25, 0.3) is 0 Å². The molecule has 1 atom stereocenters. The fourth-order valence-corrected chi connectivity index (χ4v) is 1.69. The van der Waals surface area contributed by atoms with Crippen LogP contribution in [0.2, 0.25) is 0 Å². The second-order valence-electron chi connectivity index (χ2n) is 4.78. The van der Waals surface area contributed by atoms with Crippen molar-refractivity contribution in [1.82, 2.24) is 10.3 Å². The Balaban J connectivity index is 3.28. The minimum Gasteiger partial charge on any atom is -0.302 e. The van der Waals surface area contributed by atoms with Gasteiger partial charge in [0.2, 0.25) is 0 Å². The van der Waals surface area contributed by atoms with Crippen LogP contribution >= 0.6 is 0 Å². The fraction of sp³-hybridized carbons (Fsp3) is 0.500. The monoisotopic (exact) mass is 243 g/mol. The van der Waals surface area contributed by atoms with Crippen molar-refractivity contribution in [3.05, 3.63) is 35.4 Å². The number of benzene rings is 1. The lowest BCUT2D eigenvalue weighted by Gasteiger charge is -2.40. The Hall–Kier alpha value is -1.04. The SMILES string of the molecule is CN(C)C(C)(C)C(NN)c1c(F)cccc1F. The summed E-state index contributed by atoms with van der Waals surface area (Å²) in [5.41, 5.74) is 1.94. The van der Waals surface area contributed by atoms with Crippen LogP contribution in [0.15, 0.2) is 18.2 Å². The first-order valence-electron chi connectivity index (χ1n) is 5.39. The van der Waals surface area contributed by atoms with Gasteiger partial charge in [-0.25, -0.2) is 8.78 Å². The first kappa shape index (κ1) is 14.0. The van der Waals surface area contributed by atoms with Gasteiger partial charge in [-0.2, -0.15) is 0 Å². The van der Waals surface area contributed by atoms with Crippen LogP contribution in [0.3, 0.4) is 0 Å². The Bertz CT molecular complexity index is 371. The fourth-order valence-electron chi connectivity index (χ4n) is 1.69. The third kappa shape index (κ3) is 2.62. The number of nitrogens with zero attached hydrogens (tertiary/aromatic N) is 1. The van der Waals surface area contributed by atoms with Crippen LogP contribution in [-0.2, 0) is 0 Å². The molecule has 96 valence electrons. The second-order valence-corrected chi connectivity index (χ2v) is 4.78. The van der Waals surface area contributed by atoms with Crippen molar-refractivity contribution in [2.75, 3.05) is 14.1 Å². The van der Waals surface area contributed by atoms with E-state index < -0.39 is 23.2 Å². The van der Waals surface area contributed by atoms with E-state index in [1.807, 2.05) is 32.8 Å². The highest BCUT2D eigenvalue weighted by Gasteiger charge is 2.35. The van der Waals surface area contributed by atoms with Crippen molar-refractivity contribution >= 4 is 0 Å². The minimum absolute atomic E-state index is 0.0336. The lowest BCUT2D eigenvalue weighted by atomic mass is 9.87. The van der Waals surface area contributed by atoms with Gasteiger partial charge in [-0.05, 0) is 40.1 Å². The van der Waals surface area contributed by atoms with Crippen molar-refractivity contribution in [1.29, 1.82) is 0 Å². The molecule has 0 fully saturated rings. The quantitative estimate of drug-likeness (QED) is 0.626. The molecular weight excluding hydrogens is 224 g/mol. The Labute approximate surface area is 101 Å². The van der Waals surface area contributed by atoms with Crippen LogP contribution in [-0.4, -0.2) is 24.5 Å². The van der Waals surface area contributed by atoms with Crippen LogP contribution in [0, 0.1) is 11.6 Å². The Morgan fingerprint density at radius 2 is 1.71 bits per heavy atom. The summed E-state index contributed by atoms with van der Waals surface area (Å²) in [5, 5.41) is 0. The summed E-state index contributed by atoms with van der Waals surface area (Å²) in [7, 11) is 3.67. The number of nitrogens with one attached hydrogen (secondary N) is 1. The Morgan fingerprint density at radius 3 is 2.06 bits per heavy atom. The van der Waals surface area contributed by atoms with Crippen LogP contribution < -0.4 is 11.3 Å². The van der Waals surface area contributed by atoms with E-state index in [4.69, 9.17) is 5.84 Å². The Kier molecular flexibility index (Phi) is 4.19. The summed E-state index contributed by atoms with van der Waals surface area (Å²) >= 11 is 0. The molecule has 0 bridgehead atoms. The summed E-state index contributed by atoms with van der Waals surface area (Å²) in [6.07, 6.45) is 0. The standard InChI is InChI=1S/C12H19F2N3/c1-12(2,17(3)4)11(16-15)10-8(13)6-5-7-9(10)14/h5-7,11,16H,15H2,1-4H3. The molecule has 1 aromatic carbocycles. The van der Waals surface area contributed by atoms with E-state index in [-0.39, 0.29) is 5.56 Å². The van der Waals surface area contributed by atoms with Crippen molar-refractivity contribution < 1.29 is 8.78 Å². The predicted octanol–water partition coefficient (Wildman–Crippen LogP) is 1.81. The molecule has 0 aliphatic rings. The number of hydrogen-bond donors (Lipinski definition) is 2. The van der Waals surface area contributed by atoms with E-state index in [9.17, 15) is 8.78 Å². The highest BCUT2D eigenvalue weighted by atomic mass is 19.1. The van der Waals surface area contributed by atoms with Gasteiger partial charge in [-0.1, -0.05) is 6.07 Å². The van der Waals surface area contributed by atoms with E-state index in [1.165, 1.54) is 18.2 Å². The van der Waals surface area contributed by atoms with E-state index in [0.29, 0.717) is 0 Å². The van der Waals surface area contributed by atoms with Crippen molar-refractivity contribution in [2.24, 2.45) is 5.84 Å². The van der Waals surface area contributed by atoms with Crippen molar-refractivity contribution in [3.63, 3.8) is 0 Å². The molecule has 0 aromatic heterocycles. The predicted molar refractivity (Wildman–Crippen MR) is 64.2 cm³/mol. The van der Waals surface area contributed by atoms with E-state index in [0.717, 1.165) is 0 Å². The van der Waals surface area contributed by atoms with E-state index >= 15 is 0 Å². The van der Waals surface area contributed by atoms with Gasteiger partial charge in [-0.3, -0.25) is 11.3 Å². The number of halogens is 2. The zero-order chi connectivity index (χ0) is 13.2. The van der Waals surface area contributed by atoms with Crippen LogP contribution in [0.4, 0.5) is 8.78 Å². The van der Waals surface area contributed by atoms with Crippen molar-refractivity contribution in [2.45, 2.75) is 25.4 Å². The largest absolute Gasteiger partial charge is 0.302 e. The second kappa shape index (κ2) is 5.08. The number of likely N-dealkylation sites (N-methyl/N-ethyl adjacent to an activating group) is 1. The third-order valence-electron chi connectivity index (χ3n) is 3.31. The molecule has 3 N–H and O–H groups in total. The number of hydrogen-bond acceptors (Lipinski definition) is 3. The maximum Gasteiger partial charge on any atom is 0.131 e. The molecule has 0 heterocycles. The van der Waals surface area contributed by atoms with Crippen molar-refractivity contribution in [3.8, 4) is 0 Å². The molecule has 1 aromatic rings. The molecule has 0 radical (unpaired) electrons. The average Bonchev–Trinajstić information content (AvgIpc) is 2.23. The average molecular weight is 243 g/mol. The highest BCUT2D eigenvalue weighted by Crippen LogP contribution is 2.31. The maximum absolute atomic E-state index is 13.7. The van der Waals surface area contributed by atoms with Gasteiger partial charge < -0.3 is 4.90 Å². The van der Waals surface area contributed by atoms with E-state index in [2.05, 4.69) is 5.43 Å². The molecule has 0 saturated heterocycles. The molecule has 0 saturated carbocycles. The van der Waals surface area contributed by atoms with Gasteiger partial charge in [0, 0.05) is 11.1 Å². The van der Waals surface area contributed by atoms with Gasteiger partial charge in [0.05, 0.1) is 6.04 Å².